The summed E-state index contributed by atoms with van der Waals surface area (Å²) in [5.74, 6) is -0.247. The van der Waals surface area contributed by atoms with E-state index in [-0.39, 0.29) is 24.4 Å². The quantitative estimate of drug-likeness (QED) is 0.873. The van der Waals surface area contributed by atoms with Gasteiger partial charge in [0, 0.05) is 30.2 Å². The number of hydrogen-bond acceptors (Lipinski definition) is 3. The average molecular weight is 310 g/mol. The maximum absolute atomic E-state index is 12.0. The molecule has 0 radical (unpaired) electrons. The molecule has 2 rings (SSSR count). The van der Waals surface area contributed by atoms with Crippen LogP contribution in [0, 0.1) is 0 Å². The third-order valence-corrected chi connectivity index (χ3v) is 3.73. The molecule has 0 aromatic heterocycles. The lowest BCUT2D eigenvalue weighted by Crippen LogP contribution is -2.38. The molecule has 0 bridgehead atoms. The second kappa shape index (κ2) is 7.43. The number of carbonyl (C=O) groups is 2. The van der Waals surface area contributed by atoms with Crippen LogP contribution in [-0.4, -0.2) is 42.9 Å². The molecule has 1 atom stereocenters. The molecule has 5 nitrogen and oxygen atoms in total. The molecular weight excluding hydrogens is 290 g/mol. The first-order valence-electron chi connectivity index (χ1n) is 7.07. The number of likely N-dealkylation sites (N-methyl/N-ethyl adjacent to an activating group) is 1. The van der Waals surface area contributed by atoms with Crippen molar-refractivity contribution in [2.75, 3.05) is 25.5 Å². The highest BCUT2D eigenvalue weighted by atomic mass is 35.5. The second-order valence-corrected chi connectivity index (χ2v) is 5.74. The Balaban J connectivity index is 1.79. The summed E-state index contributed by atoms with van der Waals surface area (Å²) in [5.41, 5.74) is 0.630. The van der Waals surface area contributed by atoms with Gasteiger partial charge in [0.2, 0.25) is 11.8 Å². The molecule has 1 heterocycles. The number of benzene rings is 1. The van der Waals surface area contributed by atoms with E-state index in [1.54, 1.807) is 31.3 Å². The molecule has 1 unspecified atom stereocenters. The minimum atomic E-state index is -0.229. The van der Waals surface area contributed by atoms with Gasteiger partial charge >= 0.3 is 0 Å². The third-order valence-electron chi connectivity index (χ3n) is 3.50. The monoisotopic (exact) mass is 309 g/mol. The van der Waals surface area contributed by atoms with Crippen molar-refractivity contribution >= 4 is 29.1 Å². The van der Waals surface area contributed by atoms with E-state index in [9.17, 15) is 9.59 Å². The van der Waals surface area contributed by atoms with Gasteiger partial charge in [-0.05, 0) is 37.6 Å². The van der Waals surface area contributed by atoms with E-state index in [0.29, 0.717) is 17.1 Å². The van der Waals surface area contributed by atoms with E-state index in [4.69, 9.17) is 11.6 Å². The fourth-order valence-electron chi connectivity index (χ4n) is 2.37. The van der Waals surface area contributed by atoms with E-state index < -0.39 is 0 Å². The normalized spacial score (nSPS) is 17.5. The summed E-state index contributed by atoms with van der Waals surface area (Å²) in [6.45, 7) is 1.01. The summed E-state index contributed by atoms with van der Waals surface area (Å²) in [4.78, 5) is 25.4. The molecule has 2 amide bonds. The molecule has 6 heteroatoms. The second-order valence-electron chi connectivity index (χ2n) is 5.31. The fourth-order valence-corrected chi connectivity index (χ4v) is 2.56. The van der Waals surface area contributed by atoms with Gasteiger partial charge in [-0.25, -0.2) is 0 Å². The first-order chi connectivity index (χ1) is 10.0. The number of carbonyl (C=O) groups excluding carboxylic acids is 2. The molecule has 1 aromatic rings. The van der Waals surface area contributed by atoms with Gasteiger partial charge in [0.05, 0.1) is 6.54 Å². The van der Waals surface area contributed by atoms with Crippen LogP contribution in [0.3, 0.4) is 0 Å². The van der Waals surface area contributed by atoms with Gasteiger partial charge in [-0.2, -0.15) is 0 Å². The van der Waals surface area contributed by atoms with Crippen LogP contribution in [-0.2, 0) is 9.59 Å². The van der Waals surface area contributed by atoms with Crippen molar-refractivity contribution in [2.45, 2.75) is 25.3 Å². The smallest absolute Gasteiger partial charge is 0.243 e. The van der Waals surface area contributed by atoms with Gasteiger partial charge in [-0.1, -0.05) is 17.7 Å². The predicted octanol–water partition coefficient (Wildman–Crippen LogP) is 1.88. The van der Waals surface area contributed by atoms with E-state index in [1.807, 2.05) is 0 Å². The summed E-state index contributed by atoms with van der Waals surface area (Å²) >= 11 is 5.86. The van der Waals surface area contributed by atoms with Crippen LogP contribution in [0.15, 0.2) is 24.3 Å². The molecule has 2 N–H and O–H groups in total. The molecular formula is C15H20ClN3O2. The minimum Gasteiger partial charge on any atom is -0.336 e. The number of amides is 2. The number of anilines is 1. The van der Waals surface area contributed by atoms with Crippen LogP contribution in [0.1, 0.15) is 19.3 Å². The van der Waals surface area contributed by atoms with Gasteiger partial charge in [0.1, 0.15) is 0 Å². The number of rotatable bonds is 5. The molecule has 114 valence electrons. The Hall–Kier alpha value is -1.59. The molecule has 1 aliphatic heterocycles. The highest BCUT2D eigenvalue weighted by Crippen LogP contribution is 2.15. The minimum absolute atomic E-state index is 0.0179. The van der Waals surface area contributed by atoms with Crippen molar-refractivity contribution in [3.63, 3.8) is 0 Å². The molecule has 1 aromatic carbocycles. The van der Waals surface area contributed by atoms with Crippen LogP contribution in [0.25, 0.3) is 0 Å². The first kappa shape index (κ1) is 15.8. The third kappa shape index (κ3) is 5.02. The summed E-state index contributed by atoms with van der Waals surface area (Å²) in [6, 6.07) is 7.17. The maximum atomic E-state index is 12.0. The largest absolute Gasteiger partial charge is 0.336 e. The van der Waals surface area contributed by atoms with Crippen LogP contribution < -0.4 is 10.6 Å². The predicted molar refractivity (Wildman–Crippen MR) is 83.4 cm³/mol. The summed E-state index contributed by atoms with van der Waals surface area (Å²) in [7, 11) is 1.65. The number of hydrogen-bond donors (Lipinski definition) is 2. The van der Waals surface area contributed by atoms with Gasteiger partial charge < -0.3 is 15.5 Å². The van der Waals surface area contributed by atoms with Crippen LogP contribution in [0.2, 0.25) is 5.02 Å². The zero-order valence-electron chi connectivity index (χ0n) is 12.1. The van der Waals surface area contributed by atoms with Gasteiger partial charge in [-0.15, -0.1) is 0 Å². The molecule has 1 aliphatic rings. The zero-order chi connectivity index (χ0) is 15.2. The van der Waals surface area contributed by atoms with Crippen molar-refractivity contribution in [3.05, 3.63) is 29.3 Å². The Labute approximate surface area is 129 Å². The molecule has 1 saturated heterocycles. The van der Waals surface area contributed by atoms with Crippen molar-refractivity contribution in [3.8, 4) is 0 Å². The van der Waals surface area contributed by atoms with E-state index in [1.165, 1.54) is 4.90 Å². The summed E-state index contributed by atoms with van der Waals surface area (Å²) in [5, 5.41) is 6.57. The molecule has 1 fully saturated rings. The van der Waals surface area contributed by atoms with Crippen molar-refractivity contribution in [1.82, 2.24) is 10.2 Å². The lowest BCUT2D eigenvalue weighted by atomic mass is 10.1. The summed E-state index contributed by atoms with van der Waals surface area (Å²) in [6.07, 6.45) is 2.58. The SMILES string of the molecule is CN(CC(=O)Nc1cccc(Cl)c1)C(=O)CC1CCCN1. The number of nitrogens with zero attached hydrogens (tertiary/aromatic N) is 1. The highest BCUT2D eigenvalue weighted by molar-refractivity contribution is 6.30. The average Bonchev–Trinajstić information content (AvgIpc) is 2.91. The maximum Gasteiger partial charge on any atom is 0.243 e. The number of nitrogens with one attached hydrogen (secondary N) is 2. The fraction of sp³-hybridized carbons (Fsp3) is 0.467. The van der Waals surface area contributed by atoms with Gasteiger partial charge in [0.25, 0.3) is 0 Å². The van der Waals surface area contributed by atoms with Crippen molar-refractivity contribution in [2.24, 2.45) is 0 Å². The standard InChI is InChI=1S/C15H20ClN3O2/c1-19(15(21)9-12-6-3-7-17-12)10-14(20)18-13-5-2-4-11(16)8-13/h2,4-5,8,12,17H,3,6-7,9-10H2,1H3,(H,18,20). The molecule has 0 saturated carbocycles. The number of halogens is 1. The molecule has 0 spiro atoms. The highest BCUT2D eigenvalue weighted by Gasteiger charge is 2.20. The zero-order valence-corrected chi connectivity index (χ0v) is 12.8. The molecule has 21 heavy (non-hydrogen) atoms. The Kier molecular flexibility index (Phi) is 5.59. The lowest BCUT2D eigenvalue weighted by molar-refractivity contribution is -0.133. The lowest BCUT2D eigenvalue weighted by Gasteiger charge is -2.19. The van der Waals surface area contributed by atoms with Crippen LogP contribution in [0.4, 0.5) is 5.69 Å². The van der Waals surface area contributed by atoms with Gasteiger partial charge in [-0.3, -0.25) is 9.59 Å². The summed E-state index contributed by atoms with van der Waals surface area (Å²) < 4.78 is 0. The van der Waals surface area contributed by atoms with Crippen LogP contribution in [0.5, 0.6) is 0 Å². The van der Waals surface area contributed by atoms with E-state index >= 15 is 0 Å². The van der Waals surface area contributed by atoms with Gasteiger partial charge in [0.15, 0.2) is 0 Å². The van der Waals surface area contributed by atoms with Crippen molar-refractivity contribution < 1.29 is 9.59 Å². The first-order valence-corrected chi connectivity index (χ1v) is 7.45. The Morgan fingerprint density at radius 3 is 2.95 bits per heavy atom. The van der Waals surface area contributed by atoms with E-state index in [2.05, 4.69) is 10.6 Å². The Bertz CT molecular complexity index is 515. The Morgan fingerprint density at radius 1 is 1.48 bits per heavy atom. The topological polar surface area (TPSA) is 61.4 Å². The van der Waals surface area contributed by atoms with Crippen molar-refractivity contribution in [1.29, 1.82) is 0 Å². The molecule has 0 aliphatic carbocycles. The van der Waals surface area contributed by atoms with E-state index in [0.717, 1.165) is 19.4 Å². The van der Waals surface area contributed by atoms with Crippen LogP contribution >= 0.6 is 11.6 Å². The Morgan fingerprint density at radius 2 is 2.29 bits per heavy atom.